The summed E-state index contributed by atoms with van der Waals surface area (Å²) in [7, 11) is 0. The zero-order valence-electron chi connectivity index (χ0n) is 10.1. The van der Waals surface area contributed by atoms with Crippen LogP contribution in [0.25, 0.3) is 0 Å². The van der Waals surface area contributed by atoms with E-state index in [1.807, 2.05) is 0 Å². The number of nitrogens with two attached hydrogens (primary N) is 1. The summed E-state index contributed by atoms with van der Waals surface area (Å²) in [5, 5.41) is 0. The molecule has 0 aliphatic carbocycles. The van der Waals surface area contributed by atoms with Gasteiger partial charge < -0.3 is 10.6 Å². The van der Waals surface area contributed by atoms with Gasteiger partial charge in [-0.05, 0) is 18.3 Å². The van der Waals surface area contributed by atoms with Crippen LogP contribution in [0.3, 0.4) is 0 Å². The Hall–Kier alpha value is -1.32. The fraction of sp³-hybridized carbons (Fsp3) is 0.667. The Morgan fingerprint density at radius 3 is 2.62 bits per heavy atom. The molecule has 4 heteroatoms. The second kappa shape index (κ2) is 4.28. The molecule has 0 spiro atoms. The summed E-state index contributed by atoms with van der Waals surface area (Å²) in [5.41, 5.74) is 6.15. The summed E-state index contributed by atoms with van der Waals surface area (Å²) in [4.78, 5) is 10.7. The van der Waals surface area contributed by atoms with Crippen LogP contribution in [0, 0.1) is 5.41 Å². The normalized spacial score (nSPS) is 19.8. The Labute approximate surface area is 96.9 Å². The first-order valence-corrected chi connectivity index (χ1v) is 5.95. The van der Waals surface area contributed by atoms with Crippen molar-refractivity contribution in [3.63, 3.8) is 0 Å². The van der Waals surface area contributed by atoms with E-state index in [1.165, 1.54) is 19.3 Å². The van der Waals surface area contributed by atoms with Crippen molar-refractivity contribution in [1.29, 1.82) is 0 Å². The molecular formula is C12H20N4. The molecule has 1 aliphatic heterocycles. The van der Waals surface area contributed by atoms with E-state index in [9.17, 15) is 0 Å². The molecule has 0 saturated carbocycles. The van der Waals surface area contributed by atoms with Gasteiger partial charge in [-0.25, -0.2) is 4.98 Å². The van der Waals surface area contributed by atoms with Crippen LogP contribution in [0.15, 0.2) is 12.4 Å². The molecule has 1 saturated heterocycles. The Morgan fingerprint density at radius 2 is 2.06 bits per heavy atom. The summed E-state index contributed by atoms with van der Waals surface area (Å²) in [6.45, 7) is 6.76. The third kappa shape index (κ3) is 2.26. The molecular weight excluding hydrogens is 200 g/mol. The highest BCUT2D eigenvalue weighted by Gasteiger charge is 2.28. The van der Waals surface area contributed by atoms with Crippen molar-refractivity contribution in [2.24, 2.45) is 5.41 Å². The van der Waals surface area contributed by atoms with E-state index in [2.05, 4.69) is 28.7 Å². The minimum atomic E-state index is 0.501. The van der Waals surface area contributed by atoms with Crippen molar-refractivity contribution in [3.8, 4) is 0 Å². The van der Waals surface area contributed by atoms with Crippen molar-refractivity contribution in [2.75, 3.05) is 23.7 Å². The predicted octanol–water partition coefficient (Wildman–Crippen LogP) is 2.08. The minimum Gasteiger partial charge on any atom is -0.382 e. The molecule has 1 aromatic rings. The summed E-state index contributed by atoms with van der Waals surface area (Å²) >= 11 is 0. The molecule has 0 amide bonds. The molecule has 0 unspecified atom stereocenters. The molecule has 0 radical (unpaired) electrons. The quantitative estimate of drug-likeness (QED) is 0.829. The smallest absolute Gasteiger partial charge is 0.149 e. The number of rotatable bonds is 2. The van der Waals surface area contributed by atoms with Gasteiger partial charge in [0.05, 0.1) is 12.4 Å². The van der Waals surface area contributed by atoms with Gasteiger partial charge in [0.25, 0.3) is 0 Å². The first-order chi connectivity index (χ1) is 7.63. The lowest BCUT2D eigenvalue weighted by Crippen LogP contribution is -2.38. The standard InChI is InChI=1S/C12H20N4/c1-3-12(2)4-6-16(7-5-12)11-9-14-8-10(13)15-11/h8-9H,3-7H2,1-2H3,(H2,13,15). The Morgan fingerprint density at radius 1 is 1.38 bits per heavy atom. The van der Waals surface area contributed by atoms with E-state index in [-0.39, 0.29) is 0 Å². The highest BCUT2D eigenvalue weighted by Crippen LogP contribution is 2.35. The third-order valence-electron chi connectivity index (χ3n) is 3.79. The van der Waals surface area contributed by atoms with Crippen LogP contribution in [-0.4, -0.2) is 23.1 Å². The number of piperidine rings is 1. The predicted molar refractivity (Wildman–Crippen MR) is 66.3 cm³/mol. The fourth-order valence-electron chi connectivity index (χ4n) is 2.15. The highest BCUT2D eigenvalue weighted by molar-refractivity contribution is 5.41. The van der Waals surface area contributed by atoms with E-state index in [1.54, 1.807) is 12.4 Å². The van der Waals surface area contributed by atoms with Gasteiger partial charge in [0.1, 0.15) is 11.6 Å². The Kier molecular flexibility index (Phi) is 2.99. The zero-order chi connectivity index (χ0) is 11.6. The molecule has 1 aromatic heterocycles. The second-order valence-corrected chi connectivity index (χ2v) is 4.95. The van der Waals surface area contributed by atoms with Crippen LogP contribution >= 0.6 is 0 Å². The van der Waals surface area contributed by atoms with E-state index >= 15 is 0 Å². The van der Waals surface area contributed by atoms with Gasteiger partial charge >= 0.3 is 0 Å². The third-order valence-corrected chi connectivity index (χ3v) is 3.79. The number of nitrogen functional groups attached to an aromatic ring is 1. The van der Waals surface area contributed by atoms with Crippen LogP contribution in [0.2, 0.25) is 0 Å². The number of hydrogen-bond donors (Lipinski definition) is 1. The molecule has 1 aliphatic rings. The maximum Gasteiger partial charge on any atom is 0.149 e. The van der Waals surface area contributed by atoms with Gasteiger partial charge in [-0.3, -0.25) is 4.98 Å². The first-order valence-electron chi connectivity index (χ1n) is 5.95. The van der Waals surface area contributed by atoms with Gasteiger partial charge in [0, 0.05) is 13.1 Å². The van der Waals surface area contributed by atoms with Gasteiger partial charge in [0.15, 0.2) is 0 Å². The largest absolute Gasteiger partial charge is 0.382 e. The van der Waals surface area contributed by atoms with Crippen molar-refractivity contribution in [1.82, 2.24) is 9.97 Å². The summed E-state index contributed by atoms with van der Waals surface area (Å²) in [5.74, 6) is 1.42. The van der Waals surface area contributed by atoms with E-state index < -0.39 is 0 Å². The lowest BCUT2D eigenvalue weighted by atomic mass is 9.78. The molecule has 88 valence electrons. The lowest BCUT2D eigenvalue weighted by molar-refractivity contribution is 0.238. The Balaban J connectivity index is 2.04. The van der Waals surface area contributed by atoms with Crippen LogP contribution in [0.4, 0.5) is 11.6 Å². The van der Waals surface area contributed by atoms with Crippen molar-refractivity contribution >= 4 is 11.6 Å². The average Bonchev–Trinajstić information content (AvgIpc) is 2.30. The molecule has 2 heterocycles. The minimum absolute atomic E-state index is 0.501. The second-order valence-electron chi connectivity index (χ2n) is 4.95. The van der Waals surface area contributed by atoms with Crippen LogP contribution in [-0.2, 0) is 0 Å². The molecule has 0 atom stereocenters. The summed E-state index contributed by atoms with van der Waals surface area (Å²) < 4.78 is 0. The van der Waals surface area contributed by atoms with Gasteiger partial charge in [-0.15, -0.1) is 0 Å². The molecule has 4 nitrogen and oxygen atoms in total. The van der Waals surface area contributed by atoms with Crippen LogP contribution in [0.1, 0.15) is 33.1 Å². The van der Waals surface area contributed by atoms with Crippen LogP contribution < -0.4 is 10.6 Å². The lowest BCUT2D eigenvalue weighted by Gasteiger charge is -2.39. The molecule has 0 bridgehead atoms. The Bertz CT molecular complexity index is 356. The molecule has 16 heavy (non-hydrogen) atoms. The van der Waals surface area contributed by atoms with Crippen LogP contribution in [0.5, 0.6) is 0 Å². The summed E-state index contributed by atoms with van der Waals surface area (Å²) in [6.07, 6.45) is 7.08. The van der Waals surface area contributed by atoms with Crippen molar-refractivity contribution in [3.05, 3.63) is 12.4 Å². The average molecular weight is 220 g/mol. The fourth-order valence-corrected chi connectivity index (χ4v) is 2.15. The molecule has 1 fully saturated rings. The molecule has 0 aromatic carbocycles. The number of aromatic nitrogens is 2. The van der Waals surface area contributed by atoms with Gasteiger partial charge in [-0.2, -0.15) is 0 Å². The van der Waals surface area contributed by atoms with E-state index in [0.717, 1.165) is 18.9 Å². The highest BCUT2D eigenvalue weighted by atomic mass is 15.2. The summed E-state index contributed by atoms with van der Waals surface area (Å²) in [6, 6.07) is 0. The number of nitrogens with zero attached hydrogens (tertiary/aromatic N) is 3. The number of anilines is 2. The maximum absolute atomic E-state index is 5.64. The van der Waals surface area contributed by atoms with E-state index in [0.29, 0.717) is 11.2 Å². The van der Waals surface area contributed by atoms with Gasteiger partial charge in [0.2, 0.25) is 0 Å². The van der Waals surface area contributed by atoms with Crippen molar-refractivity contribution in [2.45, 2.75) is 33.1 Å². The molecule has 2 N–H and O–H groups in total. The monoisotopic (exact) mass is 220 g/mol. The topological polar surface area (TPSA) is 55.0 Å². The SMILES string of the molecule is CCC1(C)CCN(c2cncc(N)n2)CC1. The van der Waals surface area contributed by atoms with E-state index in [4.69, 9.17) is 5.73 Å². The number of hydrogen-bond acceptors (Lipinski definition) is 4. The molecule has 2 rings (SSSR count). The maximum atomic E-state index is 5.64. The zero-order valence-corrected chi connectivity index (χ0v) is 10.1. The van der Waals surface area contributed by atoms with Crippen molar-refractivity contribution < 1.29 is 0 Å². The first kappa shape index (κ1) is 11.2. The van der Waals surface area contributed by atoms with Gasteiger partial charge in [-0.1, -0.05) is 20.3 Å².